The molecule has 1 fully saturated rings. The summed E-state index contributed by atoms with van der Waals surface area (Å²) < 4.78 is 27.1. The van der Waals surface area contributed by atoms with Crippen LogP contribution < -0.4 is 0 Å². The van der Waals surface area contributed by atoms with Crippen LogP contribution in [-0.4, -0.2) is 31.1 Å². The molecule has 0 aromatic carbocycles. The Hall–Kier alpha value is 0.0900. The van der Waals surface area contributed by atoms with Crippen LogP contribution in [0.3, 0.4) is 0 Å². The molecule has 0 saturated carbocycles. The van der Waals surface area contributed by atoms with Crippen LogP contribution in [-0.2, 0) is 10.0 Å². The summed E-state index contributed by atoms with van der Waals surface area (Å²) in [5.41, 5.74) is 0. The van der Waals surface area contributed by atoms with Crippen LogP contribution in [0.1, 0.15) is 24.1 Å². The number of aryl methyl sites for hydroxylation is 1. The fraction of sp³-hybridized carbons (Fsp3) is 0.667. The Balaban J connectivity index is 2.15. The Morgan fingerprint density at radius 1 is 1.50 bits per heavy atom. The van der Waals surface area contributed by atoms with Crippen molar-refractivity contribution in [3.8, 4) is 0 Å². The normalized spacial score (nSPS) is 22.2. The maximum Gasteiger partial charge on any atom is 0.252 e. The van der Waals surface area contributed by atoms with E-state index in [1.165, 1.54) is 11.3 Å². The van der Waals surface area contributed by atoms with Gasteiger partial charge in [0, 0.05) is 23.3 Å². The van der Waals surface area contributed by atoms with E-state index < -0.39 is 10.0 Å². The molecule has 0 aliphatic carbocycles. The Labute approximate surface area is 121 Å². The van der Waals surface area contributed by atoms with Gasteiger partial charge in [0.15, 0.2) is 0 Å². The van der Waals surface area contributed by atoms with Crippen LogP contribution in [0.4, 0.5) is 0 Å². The van der Waals surface area contributed by atoms with E-state index in [0.717, 1.165) is 29.5 Å². The first-order valence-electron chi connectivity index (χ1n) is 6.16. The van der Waals surface area contributed by atoms with E-state index in [2.05, 4.69) is 15.9 Å². The van der Waals surface area contributed by atoms with E-state index in [9.17, 15) is 8.42 Å². The van der Waals surface area contributed by atoms with Gasteiger partial charge < -0.3 is 0 Å². The van der Waals surface area contributed by atoms with Crippen molar-refractivity contribution >= 4 is 37.3 Å². The van der Waals surface area contributed by atoms with Gasteiger partial charge in [0.05, 0.1) is 0 Å². The van der Waals surface area contributed by atoms with Crippen molar-refractivity contribution in [1.29, 1.82) is 0 Å². The number of sulfonamides is 1. The minimum atomic E-state index is -3.26. The molecule has 1 aliphatic rings. The summed E-state index contributed by atoms with van der Waals surface area (Å²) in [5, 5.41) is 0.948. The standard InChI is InChI=1S/C12H18BrNO2S2/c1-10-4-5-12(17-10)18(15,16)14-8-2-3-11(9-14)6-7-13/h4-5,11H,2-3,6-9H2,1H3. The van der Waals surface area contributed by atoms with Crippen molar-refractivity contribution in [2.75, 3.05) is 18.4 Å². The van der Waals surface area contributed by atoms with Gasteiger partial charge in [0.2, 0.25) is 0 Å². The second-order valence-electron chi connectivity index (χ2n) is 4.71. The van der Waals surface area contributed by atoms with Gasteiger partial charge in [-0.15, -0.1) is 11.3 Å². The molecule has 1 saturated heterocycles. The maximum atomic E-state index is 12.5. The molecule has 0 radical (unpaired) electrons. The zero-order valence-electron chi connectivity index (χ0n) is 10.4. The van der Waals surface area contributed by atoms with Gasteiger partial charge in [-0.3, -0.25) is 0 Å². The minimum absolute atomic E-state index is 0.486. The molecule has 6 heteroatoms. The molecular weight excluding hydrogens is 334 g/mol. The minimum Gasteiger partial charge on any atom is -0.206 e. The topological polar surface area (TPSA) is 37.4 Å². The molecular formula is C12H18BrNO2S2. The number of hydrogen-bond acceptors (Lipinski definition) is 3. The lowest BCUT2D eigenvalue weighted by molar-refractivity contribution is 0.263. The van der Waals surface area contributed by atoms with Crippen molar-refractivity contribution in [3.63, 3.8) is 0 Å². The molecule has 1 unspecified atom stereocenters. The van der Waals surface area contributed by atoms with Crippen molar-refractivity contribution in [1.82, 2.24) is 4.31 Å². The first-order chi connectivity index (χ1) is 8.54. The predicted molar refractivity (Wildman–Crippen MR) is 78.9 cm³/mol. The smallest absolute Gasteiger partial charge is 0.206 e. The van der Waals surface area contributed by atoms with Gasteiger partial charge in [-0.25, -0.2) is 8.42 Å². The fourth-order valence-corrected chi connectivity index (χ4v) is 5.95. The number of alkyl halides is 1. The van der Waals surface area contributed by atoms with Crippen LogP contribution in [0.2, 0.25) is 0 Å². The van der Waals surface area contributed by atoms with E-state index in [1.54, 1.807) is 10.4 Å². The molecule has 0 N–H and O–H groups in total. The molecule has 102 valence electrons. The van der Waals surface area contributed by atoms with Crippen LogP contribution in [0.25, 0.3) is 0 Å². The van der Waals surface area contributed by atoms with Gasteiger partial charge in [-0.1, -0.05) is 15.9 Å². The second-order valence-corrected chi connectivity index (χ2v) is 8.96. The summed E-state index contributed by atoms with van der Waals surface area (Å²) in [4.78, 5) is 1.04. The molecule has 2 heterocycles. The summed E-state index contributed by atoms with van der Waals surface area (Å²) >= 11 is 4.80. The number of hydrogen-bond donors (Lipinski definition) is 0. The quantitative estimate of drug-likeness (QED) is 0.780. The van der Waals surface area contributed by atoms with Gasteiger partial charge in [0.1, 0.15) is 4.21 Å². The van der Waals surface area contributed by atoms with E-state index >= 15 is 0 Å². The van der Waals surface area contributed by atoms with Crippen LogP contribution in [0.15, 0.2) is 16.3 Å². The lowest BCUT2D eigenvalue weighted by Gasteiger charge is -2.31. The highest BCUT2D eigenvalue weighted by Crippen LogP contribution is 2.29. The lowest BCUT2D eigenvalue weighted by atomic mass is 9.97. The monoisotopic (exact) mass is 351 g/mol. The maximum absolute atomic E-state index is 12.5. The van der Waals surface area contributed by atoms with Crippen molar-refractivity contribution in [2.45, 2.75) is 30.4 Å². The molecule has 1 atom stereocenters. The molecule has 0 spiro atoms. The first-order valence-corrected chi connectivity index (χ1v) is 9.54. The Bertz CT molecular complexity index is 496. The number of rotatable bonds is 4. The van der Waals surface area contributed by atoms with Gasteiger partial charge >= 0.3 is 0 Å². The summed E-state index contributed by atoms with van der Waals surface area (Å²) in [6.45, 7) is 3.27. The van der Waals surface area contributed by atoms with Gasteiger partial charge in [0.25, 0.3) is 10.0 Å². The van der Waals surface area contributed by atoms with E-state index in [4.69, 9.17) is 0 Å². The molecule has 1 aliphatic heterocycles. The van der Waals surface area contributed by atoms with Gasteiger partial charge in [-0.2, -0.15) is 4.31 Å². The van der Waals surface area contributed by atoms with Gasteiger partial charge in [-0.05, 0) is 44.2 Å². The number of nitrogens with zero attached hydrogens (tertiary/aromatic N) is 1. The molecule has 2 rings (SSSR count). The largest absolute Gasteiger partial charge is 0.252 e. The summed E-state index contributed by atoms with van der Waals surface area (Å²) in [6, 6.07) is 3.60. The summed E-state index contributed by atoms with van der Waals surface area (Å²) in [7, 11) is -3.26. The Morgan fingerprint density at radius 3 is 2.89 bits per heavy atom. The number of halogens is 1. The van der Waals surface area contributed by atoms with Crippen molar-refractivity contribution in [3.05, 3.63) is 17.0 Å². The number of thiophene rings is 1. The van der Waals surface area contributed by atoms with Crippen molar-refractivity contribution < 1.29 is 8.42 Å². The fourth-order valence-electron chi connectivity index (χ4n) is 2.31. The van der Waals surface area contributed by atoms with Crippen molar-refractivity contribution in [2.24, 2.45) is 5.92 Å². The third kappa shape index (κ3) is 3.15. The average Bonchev–Trinajstić information content (AvgIpc) is 2.77. The lowest BCUT2D eigenvalue weighted by Crippen LogP contribution is -2.39. The third-order valence-electron chi connectivity index (χ3n) is 3.31. The SMILES string of the molecule is Cc1ccc(S(=O)(=O)N2CCCC(CCBr)C2)s1. The highest BCUT2D eigenvalue weighted by atomic mass is 79.9. The predicted octanol–water partition coefficient (Wildman–Crippen LogP) is 3.24. The van der Waals surface area contributed by atoms with E-state index in [-0.39, 0.29) is 0 Å². The molecule has 18 heavy (non-hydrogen) atoms. The molecule has 1 aromatic rings. The highest BCUT2D eigenvalue weighted by molar-refractivity contribution is 9.09. The Morgan fingerprint density at radius 2 is 2.28 bits per heavy atom. The van der Waals surface area contributed by atoms with Crippen LogP contribution in [0.5, 0.6) is 0 Å². The third-order valence-corrected chi connectivity index (χ3v) is 7.10. The highest BCUT2D eigenvalue weighted by Gasteiger charge is 2.30. The molecule has 0 amide bonds. The zero-order valence-corrected chi connectivity index (χ0v) is 13.7. The summed E-state index contributed by atoms with van der Waals surface area (Å²) in [6.07, 6.45) is 3.16. The molecule has 1 aromatic heterocycles. The van der Waals surface area contributed by atoms with E-state index in [0.29, 0.717) is 23.2 Å². The van der Waals surface area contributed by atoms with E-state index in [1.807, 2.05) is 13.0 Å². The average molecular weight is 352 g/mol. The molecule has 3 nitrogen and oxygen atoms in total. The van der Waals surface area contributed by atoms with Crippen LogP contribution >= 0.6 is 27.3 Å². The van der Waals surface area contributed by atoms with Crippen LogP contribution in [0, 0.1) is 12.8 Å². The first kappa shape index (κ1) is 14.5. The zero-order chi connectivity index (χ0) is 13.2. The summed E-state index contributed by atoms with van der Waals surface area (Å²) in [5.74, 6) is 0.494. The second kappa shape index (κ2) is 6.03. The number of piperidine rings is 1. The Kier molecular flexibility index (Phi) is 4.86. The molecule has 0 bridgehead atoms.